The van der Waals surface area contributed by atoms with E-state index in [1.165, 1.54) is 0 Å². The van der Waals surface area contributed by atoms with Crippen LogP contribution in [0.3, 0.4) is 0 Å². The maximum atomic E-state index is 9.16. The summed E-state index contributed by atoms with van der Waals surface area (Å²) < 4.78 is 0. The Morgan fingerprint density at radius 3 is 2.24 bits per heavy atom. The topological polar surface area (TPSA) is 35.8 Å². The van der Waals surface area contributed by atoms with Crippen LogP contribution in [0.25, 0.3) is 0 Å². The fourth-order valence-electron chi connectivity index (χ4n) is 1.55. The summed E-state index contributed by atoms with van der Waals surface area (Å²) in [4.78, 5) is 0. The molecule has 17 heavy (non-hydrogen) atoms. The molecule has 2 aromatic carbocycles. The molecule has 0 radical (unpaired) electrons. The Bertz CT molecular complexity index is 514. The van der Waals surface area contributed by atoms with E-state index in [9.17, 15) is 0 Å². The lowest BCUT2D eigenvalue weighted by Gasteiger charge is -2.13. The average molecular weight is 243 g/mol. The normalized spacial score (nSPS) is 11.5. The molecule has 0 bridgehead atoms. The molecule has 0 saturated heterocycles. The van der Waals surface area contributed by atoms with Crippen LogP contribution < -0.4 is 5.32 Å². The summed E-state index contributed by atoms with van der Waals surface area (Å²) in [6.07, 6.45) is 0. The summed E-state index contributed by atoms with van der Waals surface area (Å²) in [5.41, 5.74) is 1.83. The highest BCUT2D eigenvalue weighted by atomic mass is 35.5. The van der Waals surface area contributed by atoms with Crippen molar-refractivity contribution in [1.82, 2.24) is 0 Å². The second-order valence-corrected chi connectivity index (χ2v) is 4.06. The monoisotopic (exact) mass is 242 g/mol. The first-order valence-electron chi connectivity index (χ1n) is 5.26. The van der Waals surface area contributed by atoms with Crippen LogP contribution in [0.1, 0.15) is 11.6 Å². The first kappa shape index (κ1) is 11.5. The number of benzene rings is 2. The second kappa shape index (κ2) is 5.38. The maximum Gasteiger partial charge on any atom is 0.140 e. The van der Waals surface area contributed by atoms with E-state index in [2.05, 4.69) is 11.4 Å². The fraction of sp³-hybridized carbons (Fsp3) is 0.0714. The van der Waals surface area contributed by atoms with Crippen LogP contribution in [0.5, 0.6) is 0 Å². The quantitative estimate of drug-likeness (QED) is 0.883. The third kappa shape index (κ3) is 2.99. The van der Waals surface area contributed by atoms with E-state index in [0.29, 0.717) is 5.02 Å². The van der Waals surface area contributed by atoms with Gasteiger partial charge in [-0.2, -0.15) is 5.26 Å². The van der Waals surface area contributed by atoms with Gasteiger partial charge in [-0.15, -0.1) is 0 Å². The highest BCUT2D eigenvalue weighted by Gasteiger charge is 2.08. The molecule has 84 valence electrons. The minimum absolute atomic E-state index is 0.350. The molecule has 2 aromatic rings. The van der Waals surface area contributed by atoms with Crippen LogP contribution in [-0.2, 0) is 0 Å². The van der Waals surface area contributed by atoms with Crippen LogP contribution in [-0.4, -0.2) is 0 Å². The van der Waals surface area contributed by atoms with Gasteiger partial charge in [0.2, 0.25) is 0 Å². The first-order chi connectivity index (χ1) is 8.29. The summed E-state index contributed by atoms with van der Waals surface area (Å²) in [5, 5.41) is 13.0. The summed E-state index contributed by atoms with van der Waals surface area (Å²) in [6, 6.07) is 18.8. The van der Waals surface area contributed by atoms with E-state index in [-0.39, 0.29) is 6.04 Å². The van der Waals surface area contributed by atoms with Gasteiger partial charge in [-0.3, -0.25) is 0 Å². The Kier molecular flexibility index (Phi) is 3.64. The molecule has 1 atom stereocenters. The van der Waals surface area contributed by atoms with Gasteiger partial charge < -0.3 is 5.32 Å². The zero-order valence-electron chi connectivity index (χ0n) is 9.10. The van der Waals surface area contributed by atoms with E-state index in [1.54, 1.807) is 12.1 Å². The Labute approximate surface area is 105 Å². The lowest BCUT2D eigenvalue weighted by Crippen LogP contribution is -2.07. The Balaban J connectivity index is 2.17. The molecule has 0 aromatic heterocycles. The van der Waals surface area contributed by atoms with E-state index in [0.717, 1.165) is 11.3 Å². The number of halogens is 1. The minimum Gasteiger partial charge on any atom is -0.366 e. The second-order valence-electron chi connectivity index (χ2n) is 3.62. The zero-order valence-corrected chi connectivity index (χ0v) is 9.85. The summed E-state index contributed by atoms with van der Waals surface area (Å²) >= 11 is 5.81. The fourth-order valence-corrected chi connectivity index (χ4v) is 1.67. The number of hydrogen-bond donors (Lipinski definition) is 1. The molecule has 2 rings (SSSR count). The van der Waals surface area contributed by atoms with Gasteiger partial charge in [0, 0.05) is 10.7 Å². The molecule has 0 aliphatic heterocycles. The van der Waals surface area contributed by atoms with Crippen LogP contribution in [0.4, 0.5) is 5.69 Å². The maximum absolute atomic E-state index is 9.16. The first-order valence-corrected chi connectivity index (χ1v) is 5.64. The summed E-state index contributed by atoms with van der Waals surface area (Å²) in [6.45, 7) is 0. The molecule has 0 fully saturated rings. The van der Waals surface area contributed by atoms with E-state index in [1.807, 2.05) is 42.5 Å². The number of anilines is 1. The molecule has 1 N–H and O–H groups in total. The van der Waals surface area contributed by atoms with Crippen molar-refractivity contribution in [3.05, 3.63) is 65.2 Å². The largest absolute Gasteiger partial charge is 0.366 e. The molecule has 0 amide bonds. The Morgan fingerprint density at radius 2 is 1.65 bits per heavy atom. The lowest BCUT2D eigenvalue weighted by atomic mass is 10.1. The SMILES string of the molecule is N#C[C@H](Nc1ccc(Cl)cc1)c1ccccc1. The van der Waals surface area contributed by atoms with Gasteiger partial charge in [0.25, 0.3) is 0 Å². The Hall–Kier alpha value is -1.98. The van der Waals surface area contributed by atoms with Crippen molar-refractivity contribution >= 4 is 17.3 Å². The number of nitriles is 1. The molecule has 0 aliphatic carbocycles. The predicted octanol–water partition coefficient (Wildman–Crippen LogP) is 4.02. The van der Waals surface area contributed by atoms with Crippen LogP contribution >= 0.6 is 11.6 Å². The van der Waals surface area contributed by atoms with Crippen molar-refractivity contribution in [1.29, 1.82) is 5.26 Å². The number of nitrogens with one attached hydrogen (secondary N) is 1. The van der Waals surface area contributed by atoms with Gasteiger partial charge in [-0.25, -0.2) is 0 Å². The predicted molar refractivity (Wildman–Crippen MR) is 69.9 cm³/mol. The van der Waals surface area contributed by atoms with Crippen molar-refractivity contribution in [3.8, 4) is 6.07 Å². The van der Waals surface area contributed by atoms with Crippen LogP contribution in [0, 0.1) is 11.3 Å². The molecular formula is C14H11ClN2. The summed E-state index contributed by atoms with van der Waals surface area (Å²) in [7, 11) is 0. The molecule has 0 heterocycles. The molecule has 0 aliphatic rings. The van der Waals surface area contributed by atoms with Crippen LogP contribution in [0.15, 0.2) is 54.6 Å². The van der Waals surface area contributed by atoms with Crippen molar-refractivity contribution in [2.75, 3.05) is 5.32 Å². The number of rotatable bonds is 3. The zero-order chi connectivity index (χ0) is 12.1. The average Bonchev–Trinajstić information content (AvgIpc) is 2.39. The Morgan fingerprint density at radius 1 is 1.00 bits per heavy atom. The molecule has 0 spiro atoms. The standard InChI is InChI=1S/C14H11ClN2/c15-12-6-8-13(9-7-12)17-14(10-16)11-4-2-1-3-5-11/h1-9,14,17H/t14-/m0/s1. The van der Waals surface area contributed by atoms with E-state index >= 15 is 0 Å². The lowest BCUT2D eigenvalue weighted by molar-refractivity contribution is 0.998. The van der Waals surface area contributed by atoms with Crippen molar-refractivity contribution in [3.63, 3.8) is 0 Å². The van der Waals surface area contributed by atoms with E-state index in [4.69, 9.17) is 16.9 Å². The smallest absolute Gasteiger partial charge is 0.140 e. The highest BCUT2D eigenvalue weighted by Crippen LogP contribution is 2.20. The third-order valence-electron chi connectivity index (χ3n) is 2.42. The van der Waals surface area contributed by atoms with Gasteiger partial charge >= 0.3 is 0 Å². The third-order valence-corrected chi connectivity index (χ3v) is 2.67. The molecule has 0 saturated carbocycles. The van der Waals surface area contributed by atoms with Gasteiger partial charge in [0.1, 0.15) is 6.04 Å². The van der Waals surface area contributed by atoms with Crippen LogP contribution in [0.2, 0.25) is 5.02 Å². The molecule has 2 nitrogen and oxygen atoms in total. The van der Waals surface area contributed by atoms with Crippen molar-refractivity contribution in [2.24, 2.45) is 0 Å². The van der Waals surface area contributed by atoms with E-state index < -0.39 is 0 Å². The van der Waals surface area contributed by atoms with Gasteiger partial charge in [0.05, 0.1) is 6.07 Å². The van der Waals surface area contributed by atoms with Crippen molar-refractivity contribution < 1.29 is 0 Å². The van der Waals surface area contributed by atoms with Crippen molar-refractivity contribution in [2.45, 2.75) is 6.04 Å². The van der Waals surface area contributed by atoms with Gasteiger partial charge in [-0.1, -0.05) is 41.9 Å². The number of hydrogen-bond acceptors (Lipinski definition) is 2. The van der Waals surface area contributed by atoms with Gasteiger partial charge in [0.15, 0.2) is 0 Å². The van der Waals surface area contributed by atoms with Gasteiger partial charge in [-0.05, 0) is 29.8 Å². The molecular weight excluding hydrogens is 232 g/mol. The summed E-state index contributed by atoms with van der Waals surface area (Å²) in [5.74, 6) is 0. The number of nitrogens with zero attached hydrogens (tertiary/aromatic N) is 1. The highest BCUT2D eigenvalue weighted by molar-refractivity contribution is 6.30. The molecule has 3 heteroatoms. The molecule has 0 unspecified atom stereocenters. The minimum atomic E-state index is -0.350.